The number of rotatable bonds is 9. The molecule has 3 rings (SSSR count). The molecule has 1 saturated carbocycles. The van der Waals surface area contributed by atoms with Gasteiger partial charge in [0.25, 0.3) is 0 Å². The summed E-state index contributed by atoms with van der Waals surface area (Å²) in [5.41, 5.74) is 0.894. The minimum Gasteiger partial charge on any atom is -0.497 e. The second-order valence-electron chi connectivity index (χ2n) is 8.69. The van der Waals surface area contributed by atoms with Gasteiger partial charge in [0.1, 0.15) is 5.75 Å². The van der Waals surface area contributed by atoms with E-state index in [1.54, 1.807) is 19.2 Å². The fraction of sp³-hybridized carbons (Fsp3) is 0.682. The van der Waals surface area contributed by atoms with Gasteiger partial charge in [-0.05, 0) is 63.1 Å². The van der Waals surface area contributed by atoms with E-state index >= 15 is 0 Å². The number of halogens is 1. The molecular formula is C22H33BrN2O6S. The number of benzene rings is 1. The van der Waals surface area contributed by atoms with Crippen molar-refractivity contribution in [2.24, 2.45) is 0 Å². The number of carbonyl (C=O) groups is 1. The summed E-state index contributed by atoms with van der Waals surface area (Å²) in [5, 5.41) is 9.71. The molecule has 2 fully saturated rings. The third-order valence-electron chi connectivity index (χ3n) is 6.37. The molecule has 0 spiro atoms. The summed E-state index contributed by atoms with van der Waals surface area (Å²) in [6, 6.07) is 5.96. The van der Waals surface area contributed by atoms with Crippen LogP contribution in [0.15, 0.2) is 24.3 Å². The Morgan fingerprint density at radius 2 is 1.88 bits per heavy atom. The van der Waals surface area contributed by atoms with E-state index in [9.17, 15) is 18.3 Å². The van der Waals surface area contributed by atoms with Crippen LogP contribution in [0.1, 0.15) is 44.6 Å². The summed E-state index contributed by atoms with van der Waals surface area (Å²) >= 11 is 3.63. The van der Waals surface area contributed by atoms with Crippen LogP contribution in [0.2, 0.25) is 0 Å². The van der Waals surface area contributed by atoms with Crippen LogP contribution in [0.3, 0.4) is 0 Å². The van der Waals surface area contributed by atoms with E-state index < -0.39 is 28.2 Å². The van der Waals surface area contributed by atoms with Gasteiger partial charge in [0.2, 0.25) is 10.0 Å². The summed E-state index contributed by atoms with van der Waals surface area (Å²) in [6.07, 6.45) is 3.72. The largest absolute Gasteiger partial charge is 0.497 e. The molecule has 3 atom stereocenters. The number of nitrogens with zero attached hydrogens (tertiary/aromatic N) is 1. The Kier molecular flexibility index (Phi) is 8.82. The molecule has 8 nitrogen and oxygen atoms in total. The van der Waals surface area contributed by atoms with Crippen molar-refractivity contribution in [3.63, 3.8) is 0 Å². The molecular weight excluding hydrogens is 500 g/mol. The normalized spacial score (nSPS) is 28.6. The maximum atomic E-state index is 12.8. The van der Waals surface area contributed by atoms with Crippen LogP contribution >= 0.6 is 15.9 Å². The lowest BCUT2D eigenvalue weighted by atomic mass is 9.97. The molecule has 10 heteroatoms. The molecule has 1 aliphatic heterocycles. The van der Waals surface area contributed by atoms with Crippen molar-refractivity contribution in [2.45, 2.75) is 74.5 Å². The van der Waals surface area contributed by atoms with Gasteiger partial charge in [-0.15, -0.1) is 0 Å². The molecule has 180 valence electrons. The molecule has 0 unspecified atom stereocenters. The van der Waals surface area contributed by atoms with Crippen molar-refractivity contribution in [2.75, 3.05) is 19.5 Å². The first kappa shape index (κ1) is 25.3. The van der Waals surface area contributed by atoms with E-state index in [2.05, 4.69) is 20.7 Å². The number of ether oxygens (including phenoxy) is 2. The second kappa shape index (κ2) is 11.2. The lowest BCUT2D eigenvalue weighted by Gasteiger charge is -2.31. The molecule has 2 N–H and O–H groups in total. The van der Waals surface area contributed by atoms with E-state index in [1.165, 1.54) is 4.90 Å². The summed E-state index contributed by atoms with van der Waals surface area (Å²) in [4.78, 5) is 13.7. The zero-order valence-corrected chi connectivity index (χ0v) is 21.0. The molecule has 1 aliphatic carbocycles. The van der Waals surface area contributed by atoms with Crippen LogP contribution in [0.5, 0.6) is 5.75 Å². The van der Waals surface area contributed by atoms with Crippen molar-refractivity contribution < 1.29 is 27.8 Å². The number of methoxy groups -OCH3 is 1. The molecule has 0 bridgehead atoms. The van der Waals surface area contributed by atoms with E-state index in [1.807, 2.05) is 19.1 Å². The second-order valence-corrected chi connectivity index (χ2v) is 11.9. The Morgan fingerprint density at radius 1 is 1.22 bits per heavy atom. The number of alkyl halides is 1. The summed E-state index contributed by atoms with van der Waals surface area (Å²) < 4.78 is 39.6. The molecule has 0 radical (unpaired) electrons. The highest BCUT2D eigenvalue weighted by Gasteiger charge is 2.44. The quantitative estimate of drug-likeness (QED) is 0.472. The third kappa shape index (κ3) is 6.82. The average Bonchev–Trinajstić information content (AvgIpc) is 3.06. The van der Waals surface area contributed by atoms with Gasteiger partial charge in [0, 0.05) is 16.9 Å². The molecule has 2 aliphatic rings. The van der Waals surface area contributed by atoms with E-state index in [4.69, 9.17) is 9.47 Å². The Balaban J connectivity index is 1.61. The molecule has 1 saturated heterocycles. The number of aryl methyl sites for hydroxylation is 1. The Morgan fingerprint density at radius 3 is 2.47 bits per heavy atom. The number of sulfonamides is 1. The molecule has 1 heterocycles. The lowest BCUT2D eigenvalue weighted by Crippen LogP contribution is -2.50. The van der Waals surface area contributed by atoms with Crippen molar-refractivity contribution >= 4 is 32.0 Å². The highest BCUT2D eigenvalue weighted by molar-refractivity contribution is 9.09. The number of amides is 1. The van der Waals surface area contributed by atoms with Crippen molar-refractivity contribution in [1.82, 2.24) is 9.62 Å². The smallest absolute Gasteiger partial charge is 0.407 e. The average molecular weight is 533 g/mol. The fourth-order valence-electron chi connectivity index (χ4n) is 4.57. The number of hydrogen-bond donors (Lipinski definition) is 2. The van der Waals surface area contributed by atoms with Gasteiger partial charge in [-0.1, -0.05) is 28.1 Å². The zero-order valence-electron chi connectivity index (χ0n) is 18.6. The Bertz CT molecular complexity index is 858. The van der Waals surface area contributed by atoms with Gasteiger partial charge in [0.05, 0.1) is 31.6 Å². The van der Waals surface area contributed by atoms with Crippen LogP contribution in [-0.4, -0.2) is 73.0 Å². The predicted octanol–water partition coefficient (Wildman–Crippen LogP) is 3.39. The Hall–Kier alpha value is -1.36. The van der Waals surface area contributed by atoms with Crippen molar-refractivity contribution in [3.8, 4) is 5.75 Å². The van der Waals surface area contributed by atoms with Crippen LogP contribution in [0, 0.1) is 0 Å². The molecule has 1 aromatic rings. The standard InChI is InChI=1S/C22H33BrN2O6S/c1-15-13-20(24-32(28,29)12-11-16-3-7-18(30-2)8-4-16)21(25(15)22(26)27)14-31-19-9-5-17(23)6-10-19/h3-4,7-8,15,17,19-21,24H,5-6,9-14H2,1-2H3,(H,26,27)/t15-,17?,19?,20+,21+/m1/s1. The third-order valence-corrected chi connectivity index (χ3v) is 8.69. The maximum Gasteiger partial charge on any atom is 0.407 e. The minimum atomic E-state index is -3.60. The van der Waals surface area contributed by atoms with Gasteiger partial charge < -0.3 is 14.6 Å². The maximum absolute atomic E-state index is 12.8. The molecule has 0 aromatic heterocycles. The first-order chi connectivity index (χ1) is 15.2. The van der Waals surface area contributed by atoms with Crippen LogP contribution in [0.4, 0.5) is 4.79 Å². The highest BCUT2D eigenvalue weighted by Crippen LogP contribution is 2.29. The van der Waals surface area contributed by atoms with E-state index in [0.717, 1.165) is 37.0 Å². The highest BCUT2D eigenvalue weighted by atomic mass is 79.9. The monoisotopic (exact) mass is 532 g/mol. The summed E-state index contributed by atoms with van der Waals surface area (Å²) in [7, 11) is -2.01. The number of nitrogens with one attached hydrogen (secondary N) is 1. The molecule has 32 heavy (non-hydrogen) atoms. The lowest BCUT2D eigenvalue weighted by molar-refractivity contribution is -0.00358. The fourth-order valence-corrected chi connectivity index (χ4v) is 6.44. The number of likely N-dealkylation sites (tertiary alicyclic amines) is 1. The summed E-state index contributed by atoms with van der Waals surface area (Å²) in [5.74, 6) is 0.649. The molecule has 1 amide bonds. The van der Waals surface area contributed by atoms with Gasteiger partial charge in [-0.2, -0.15) is 0 Å². The topological polar surface area (TPSA) is 105 Å². The zero-order chi connectivity index (χ0) is 23.3. The van der Waals surface area contributed by atoms with Gasteiger partial charge in [-0.3, -0.25) is 4.90 Å². The van der Waals surface area contributed by atoms with Gasteiger partial charge >= 0.3 is 6.09 Å². The van der Waals surface area contributed by atoms with E-state index in [-0.39, 0.29) is 24.5 Å². The van der Waals surface area contributed by atoms with Crippen LogP contribution in [-0.2, 0) is 21.2 Å². The van der Waals surface area contributed by atoms with Crippen molar-refractivity contribution in [3.05, 3.63) is 29.8 Å². The number of hydrogen-bond acceptors (Lipinski definition) is 5. The first-order valence-electron chi connectivity index (χ1n) is 11.1. The van der Waals surface area contributed by atoms with E-state index in [0.29, 0.717) is 17.7 Å². The molecule has 1 aromatic carbocycles. The SMILES string of the molecule is COc1ccc(CCS(=O)(=O)N[C@H]2C[C@@H](C)N(C(=O)O)[C@H]2COC2CCC(Br)CC2)cc1. The van der Waals surface area contributed by atoms with Gasteiger partial charge in [0.15, 0.2) is 0 Å². The number of carboxylic acid groups (broad SMARTS) is 1. The first-order valence-corrected chi connectivity index (χ1v) is 13.6. The minimum absolute atomic E-state index is 0.0693. The van der Waals surface area contributed by atoms with Crippen LogP contribution < -0.4 is 9.46 Å². The van der Waals surface area contributed by atoms with Gasteiger partial charge in [-0.25, -0.2) is 17.9 Å². The van der Waals surface area contributed by atoms with Crippen molar-refractivity contribution in [1.29, 1.82) is 0 Å². The predicted molar refractivity (Wildman–Crippen MR) is 126 cm³/mol. The Labute approximate surface area is 198 Å². The summed E-state index contributed by atoms with van der Waals surface area (Å²) in [6.45, 7) is 2.00. The van der Waals surface area contributed by atoms with Crippen LogP contribution in [0.25, 0.3) is 0 Å².